The molecule has 1 aromatic heterocycles. The molecule has 0 bridgehead atoms. The Balaban J connectivity index is 1.06. The minimum absolute atomic E-state index is 0.650. The summed E-state index contributed by atoms with van der Waals surface area (Å²) >= 11 is 0. The molecule has 1 heterocycles. The fourth-order valence-corrected chi connectivity index (χ4v) is 6.75. The molecule has 234 valence electrons. The molecule has 50 heavy (non-hydrogen) atoms. The van der Waals surface area contributed by atoms with Crippen LogP contribution in [0.1, 0.15) is 0 Å². The average molecular weight is 638 g/mol. The second-order valence-electron chi connectivity index (χ2n) is 12.5. The summed E-state index contributed by atoms with van der Waals surface area (Å²) in [5.41, 5.74) is 10.0. The van der Waals surface area contributed by atoms with Gasteiger partial charge in [-0.05, 0) is 61.0 Å². The van der Waals surface area contributed by atoms with E-state index in [1.807, 2.05) is 60.7 Å². The first-order valence-electron chi connectivity index (χ1n) is 16.9. The molecule has 0 aliphatic heterocycles. The van der Waals surface area contributed by atoms with Crippen LogP contribution in [0.5, 0.6) is 0 Å². The predicted octanol–water partition coefficient (Wildman–Crippen LogP) is 12.2. The topological polar surface area (TPSA) is 38.7 Å². The lowest BCUT2D eigenvalue weighted by Crippen LogP contribution is -2.00. The zero-order valence-electron chi connectivity index (χ0n) is 27.2. The Morgan fingerprint density at radius 1 is 0.240 bits per heavy atom. The Labute approximate surface area is 291 Å². The second-order valence-corrected chi connectivity index (χ2v) is 12.5. The number of hydrogen-bond acceptors (Lipinski definition) is 3. The highest BCUT2D eigenvalue weighted by Crippen LogP contribution is 2.37. The van der Waals surface area contributed by atoms with Crippen molar-refractivity contribution in [1.82, 2.24) is 15.0 Å². The molecule has 0 aliphatic carbocycles. The molecule has 9 rings (SSSR count). The van der Waals surface area contributed by atoms with Crippen molar-refractivity contribution >= 4 is 21.5 Å². The molecule has 3 nitrogen and oxygen atoms in total. The van der Waals surface area contributed by atoms with Gasteiger partial charge in [-0.3, -0.25) is 0 Å². The van der Waals surface area contributed by atoms with Crippen LogP contribution in [0.15, 0.2) is 188 Å². The summed E-state index contributed by atoms with van der Waals surface area (Å²) in [6.45, 7) is 0. The first-order chi connectivity index (χ1) is 24.8. The van der Waals surface area contributed by atoms with Crippen molar-refractivity contribution < 1.29 is 0 Å². The van der Waals surface area contributed by atoms with Crippen molar-refractivity contribution in [2.75, 3.05) is 0 Å². The first-order valence-corrected chi connectivity index (χ1v) is 16.9. The molecule has 9 aromatic rings. The maximum Gasteiger partial charge on any atom is 0.164 e. The van der Waals surface area contributed by atoms with Crippen LogP contribution in [0.25, 0.3) is 89.1 Å². The summed E-state index contributed by atoms with van der Waals surface area (Å²) in [6, 6.07) is 66.0. The summed E-state index contributed by atoms with van der Waals surface area (Å²) in [5.74, 6) is 1.97. The lowest BCUT2D eigenvalue weighted by Gasteiger charge is -2.13. The SMILES string of the molecule is c1ccc(-c2nc(-c3ccccc3)nc(-c3ccc(-c4ccc(-c5ccc(-c6ccc7ccccc7c6)cc5)c5ccccc45)cc3)n2)cc1. The first kappa shape index (κ1) is 29.4. The molecule has 0 fully saturated rings. The number of aromatic nitrogens is 3. The van der Waals surface area contributed by atoms with Gasteiger partial charge in [-0.15, -0.1) is 0 Å². The maximum atomic E-state index is 4.91. The van der Waals surface area contributed by atoms with E-state index in [-0.39, 0.29) is 0 Å². The van der Waals surface area contributed by atoms with Gasteiger partial charge in [-0.2, -0.15) is 0 Å². The number of fused-ring (bicyclic) bond motifs is 2. The molecule has 0 N–H and O–H groups in total. The van der Waals surface area contributed by atoms with Crippen molar-refractivity contribution in [2.24, 2.45) is 0 Å². The molecular formula is C47H31N3. The lowest BCUT2D eigenvalue weighted by atomic mass is 9.91. The normalized spacial score (nSPS) is 11.2. The summed E-state index contributed by atoms with van der Waals surface area (Å²) in [7, 11) is 0. The Kier molecular flexibility index (Phi) is 7.49. The van der Waals surface area contributed by atoms with Crippen molar-refractivity contribution in [3.63, 3.8) is 0 Å². The number of rotatable bonds is 6. The highest BCUT2D eigenvalue weighted by atomic mass is 15.0. The van der Waals surface area contributed by atoms with Crippen LogP contribution >= 0.6 is 0 Å². The van der Waals surface area contributed by atoms with Gasteiger partial charge in [0, 0.05) is 16.7 Å². The van der Waals surface area contributed by atoms with Crippen molar-refractivity contribution in [1.29, 1.82) is 0 Å². The minimum atomic E-state index is 0.650. The fourth-order valence-electron chi connectivity index (χ4n) is 6.75. The van der Waals surface area contributed by atoms with Crippen molar-refractivity contribution in [2.45, 2.75) is 0 Å². The van der Waals surface area contributed by atoms with E-state index < -0.39 is 0 Å². The molecule has 0 atom stereocenters. The van der Waals surface area contributed by atoms with Gasteiger partial charge >= 0.3 is 0 Å². The van der Waals surface area contributed by atoms with E-state index in [2.05, 4.69) is 127 Å². The predicted molar refractivity (Wildman–Crippen MR) is 207 cm³/mol. The van der Waals surface area contributed by atoms with E-state index in [4.69, 9.17) is 15.0 Å². The number of benzene rings is 8. The summed E-state index contributed by atoms with van der Waals surface area (Å²) in [6.07, 6.45) is 0. The highest BCUT2D eigenvalue weighted by molar-refractivity contribution is 6.05. The Bertz CT molecular complexity index is 2550. The van der Waals surface area contributed by atoms with Crippen LogP contribution < -0.4 is 0 Å². The van der Waals surface area contributed by atoms with Crippen LogP contribution in [0, 0.1) is 0 Å². The Morgan fingerprint density at radius 3 is 1.14 bits per heavy atom. The zero-order valence-corrected chi connectivity index (χ0v) is 27.2. The quantitative estimate of drug-likeness (QED) is 0.182. The molecule has 0 unspecified atom stereocenters. The average Bonchev–Trinajstić information content (AvgIpc) is 3.21. The fraction of sp³-hybridized carbons (Fsp3) is 0. The standard InChI is InChI=1S/C47H31N3/c1-3-12-36(13-4-1)45-48-46(37-14-5-2-6-15-37)50-47(49-45)38-26-24-35(25-27-38)42-30-29-41(43-17-9-10-18-44(42)43)34-22-19-33(20-23-34)40-28-21-32-11-7-8-16-39(32)31-40/h1-31H. The summed E-state index contributed by atoms with van der Waals surface area (Å²) in [4.78, 5) is 14.7. The van der Waals surface area contributed by atoms with Crippen molar-refractivity contribution in [3.8, 4) is 67.5 Å². The molecule has 0 aliphatic rings. The molecule has 0 amide bonds. The highest BCUT2D eigenvalue weighted by Gasteiger charge is 2.14. The largest absolute Gasteiger partial charge is 0.208 e. The van der Waals surface area contributed by atoms with Crippen LogP contribution in [0.3, 0.4) is 0 Å². The van der Waals surface area contributed by atoms with Crippen LogP contribution in [0.4, 0.5) is 0 Å². The van der Waals surface area contributed by atoms with Crippen LogP contribution in [0.2, 0.25) is 0 Å². The van der Waals surface area contributed by atoms with Crippen LogP contribution in [-0.4, -0.2) is 15.0 Å². The van der Waals surface area contributed by atoms with Crippen molar-refractivity contribution in [3.05, 3.63) is 188 Å². The van der Waals surface area contributed by atoms with Gasteiger partial charge in [0.15, 0.2) is 17.5 Å². The van der Waals surface area contributed by atoms with E-state index in [0.29, 0.717) is 17.5 Å². The zero-order chi connectivity index (χ0) is 33.3. The van der Waals surface area contributed by atoms with Gasteiger partial charge in [-0.25, -0.2) is 15.0 Å². The maximum absolute atomic E-state index is 4.91. The third kappa shape index (κ3) is 5.61. The number of nitrogens with zero attached hydrogens (tertiary/aromatic N) is 3. The third-order valence-electron chi connectivity index (χ3n) is 9.36. The van der Waals surface area contributed by atoms with E-state index >= 15 is 0 Å². The van der Waals surface area contributed by atoms with Gasteiger partial charge in [0.05, 0.1) is 0 Å². The van der Waals surface area contributed by atoms with E-state index in [9.17, 15) is 0 Å². The van der Waals surface area contributed by atoms with E-state index in [1.54, 1.807) is 0 Å². The van der Waals surface area contributed by atoms with E-state index in [0.717, 1.165) is 22.3 Å². The van der Waals surface area contributed by atoms with Gasteiger partial charge < -0.3 is 0 Å². The second kappa shape index (κ2) is 12.7. The van der Waals surface area contributed by atoms with Gasteiger partial charge in [0.25, 0.3) is 0 Å². The smallest absolute Gasteiger partial charge is 0.164 e. The number of hydrogen-bond donors (Lipinski definition) is 0. The summed E-state index contributed by atoms with van der Waals surface area (Å²) < 4.78 is 0. The van der Waals surface area contributed by atoms with Gasteiger partial charge in [0.2, 0.25) is 0 Å². The summed E-state index contributed by atoms with van der Waals surface area (Å²) in [5, 5.41) is 4.96. The van der Waals surface area contributed by atoms with Gasteiger partial charge in [0.1, 0.15) is 0 Å². The molecule has 0 spiro atoms. The molecule has 0 saturated carbocycles. The Hall–Kier alpha value is -6.71. The molecule has 0 radical (unpaired) electrons. The minimum Gasteiger partial charge on any atom is -0.208 e. The monoisotopic (exact) mass is 637 g/mol. The molecule has 3 heteroatoms. The lowest BCUT2D eigenvalue weighted by molar-refractivity contribution is 1.07. The molecule has 0 saturated heterocycles. The van der Waals surface area contributed by atoms with E-state index in [1.165, 1.54) is 49.4 Å². The Morgan fingerprint density at radius 2 is 0.620 bits per heavy atom. The molecule has 8 aromatic carbocycles. The molecular weight excluding hydrogens is 607 g/mol. The third-order valence-corrected chi connectivity index (χ3v) is 9.36. The van der Waals surface area contributed by atoms with Gasteiger partial charge in [-0.1, -0.05) is 182 Å². The van der Waals surface area contributed by atoms with Crippen LogP contribution in [-0.2, 0) is 0 Å².